The maximum Gasteiger partial charge on any atom is 0.462 e. The quantitative estimate of drug-likeness (QED) is 0.0911. The highest BCUT2D eigenvalue weighted by Crippen LogP contribution is 2.45. The fraction of sp³-hybridized carbons (Fsp3) is 0.333. The number of carbonyl (C=O) groups excluding carboxylic acids is 1. The van der Waals surface area contributed by atoms with Crippen molar-refractivity contribution in [2.45, 2.75) is 31.7 Å². The molecule has 192 valence electrons. The molecule has 0 aliphatic rings. The van der Waals surface area contributed by atoms with E-state index in [4.69, 9.17) is 14.2 Å². The lowest BCUT2D eigenvalue weighted by Gasteiger charge is -2.27. The number of hydrogen-bond acceptors (Lipinski definition) is 6. The Morgan fingerprint density at radius 2 is 1.71 bits per heavy atom. The Bertz CT molecular complexity index is 1060. The van der Waals surface area contributed by atoms with E-state index in [9.17, 15) is 35.5 Å². The van der Waals surface area contributed by atoms with Gasteiger partial charge in [0.15, 0.2) is 11.5 Å². The minimum Gasteiger partial charge on any atom is -0.493 e. The van der Waals surface area contributed by atoms with Gasteiger partial charge in [0.05, 0.1) is 25.5 Å². The van der Waals surface area contributed by atoms with Crippen molar-refractivity contribution in [2.24, 2.45) is 5.10 Å². The van der Waals surface area contributed by atoms with Crippen LogP contribution in [-0.4, -0.2) is 44.0 Å². The Balaban J connectivity index is 2.25. The molecule has 0 radical (unpaired) electrons. The molecule has 35 heavy (non-hydrogen) atoms. The molecule has 2 aromatic rings. The lowest BCUT2D eigenvalue weighted by Crippen LogP contribution is -2.58. The van der Waals surface area contributed by atoms with Gasteiger partial charge < -0.3 is 14.2 Å². The zero-order valence-electron chi connectivity index (χ0n) is 18.1. The summed E-state index contributed by atoms with van der Waals surface area (Å²) in [6, 6.07) is 3.29. The number of rotatable bonds is 10. The minimum absolute atomic E-state index is 0.0427. The van der Waals surface area contributed by atoms with Gasteiger partial charge in [-0.2, -0.15) is 35.8 Å². The average Bonchev–Trinajstić information content (AvgIpc) is 2.77. The first-order valence-electron chi connectivity index (χ1n) is 9.62. The van der Waals surface area contributed by atoms with E-state index in [1.165, 1.54) is 31.4 Å². The normalized spacial score (nSPS) is 12.5. The molecular weight excluding hydrogens is 604 g/mol. The molecule has 0 amide bonds. The average molecular weight is 622 g/mol. The van der Waals surface area contributed by atoms with Crippen LogP contribution in [-0.2, 0) is 11.3 Å². The second-order valence-corrected chi connectivity index (χ2v) is 7.99. The third-order valence-electron chi connectivity index (χ3n) is 4.28. The van der Waals surface area contributed by atoms with Gasteiger partial charge >= 0.3 is 24.1 Å². The molecule has 1 N–H and O–H groups in total. The van der Waals surface area contributed by atoms with E-state index >= 15 is 0 Å². The fourth-order valence-electron chi connectivity index (χ4n) is 2.53. The van der Waals surface area contributed by atoms with Crippen molar-refractivity contribution < 1.29 is 49.7 Å². The van der Waals surface area contributed by atoms with Crippen LogP contribution < -0.4 is 14.9 Å². The van der Waals surface area contributed by atoms with Crippen molar-refractivity contribution in [3.63, 3.8) is 0 Å². The number of benzene rings is 2. The van der Waals surface area contributed by atoms with Gasteiger partial charge in [-0.15, -0.1) is 0 Å². The molecule has 2 rings (SSSR count). The van der Waals surface area contributed by atoms with Crippen LogP contribution in [0.5, 0.6) is 11.5 Å². The van der Waals surface area contributed by atoms with Gasteiger partial charge in [-0.25, -0.2) is 10.2 Å². The molecule has 2 aromatic carbocycles. The molecule has 0 heterocycles. The van der Waals surface area contributed by atoms with Crippen LogP contribution >= 0.6 is 22.6 Å². The number of hydrogen-bond donors (Lipinski definition) is 1. The van der Waals surface area contributed by atoms with Gasteiger partial charge in [0.2, 0.25) is 0 Å². The molecule has 0 saturated carbocycles. The molecule has 6 nitrogen and oxygen atoms in total. The summed E-state index contributed by atoms with van der Waals surface area (Å²) < 4.78 is 106. The van der Waals surface area contributed by atoms with E-state index in [0.717, 1.165) is 0 Å². The van der Waals surface area contributed by atoms with Gasteiger partial charge in [0, 0.05) is 9.13 Å². The Morgan fingerprint density at radius 3 is 2.26 bits per heavy atom. The second-order valence-electron chi connectivity index (χ2n) is 6.75. The lowest BCUT2D eigenvalue weighted by molar-refractivity contribution is -0.361. The summed E-state index contributed by atoms with van der Waals surface area (Å²) in [5.41, 5.74) is 1.40. The molecular formula is C21H18F7IN2O4. The summed E-state index contributed by atoms with van der Waals surface area (Å²) in [6.07, 6.45) is -5.90. The van der Waals surface area contributed by atoms with E-state index < -0.39 is 24.1 Å². The first-order chi connectivity index (χ1) is 16.2. The van der Waals surface area contributed by atoms with E-state index in [1.54, 1.807) is 19.1 Å². The minimum atomic E-state index is -6.50. The van der Waals surface area contributed by atoms with Gasteiger partial charge in [-0.3, -0.25) is 0 Å². The number of halogens is 8. The molecule has 0 saturated heterocycles. The first-order valence-corrected chi connectivity index (χ1v) is 10.7. The van der Waals surface area contributed by atoms with Crippen molar-refractivity contribution in [1.29, 1.82) is 0 Å². The second kappa shape index (κ2) is 11.3. The summed E-state index contributed by atoms with van der Waals surface area (Å²) in [7, 11) is 1.28. The largest absolute Gasteiger partial charge is 0.493 e. The van der Waals surface area contributed by atoms with Gasteiger partial charge in [-0.05, 0) is 59.3 Å². The number of ether oxygens (including phenoxy) is 3. The number of esters is 1. The predicted molar refractivity (Wildman–Crippen MR) is 119 cm³/mol. The molecule has 0 bridgehead atoms. The highest BCUT2D eigenvalue weighted by atomic mass is 127. The highest BCUT2D eigenvalue weighted by Gasteiger charge is 2.73. The van der Waals surface area contributed by atoms with Gasteiger partial charge in [0.25, 0.3) is 0 Å². The van der Waals surface area contributed by atoms with Gasteiger partial charge in [0.1, 0.15) is 6.61 Å². The molecule has 0 fully saturated rings. The Morgan fingerprint density at radius 1 is 1.09 bits per heavy atom. The first kappa shape index (κ1) is 28.5. The Hall–Kier alpha value is -2.78. The summed E-state index contributed by atoms with van der Waals surface area (Å²) in [5, 5.41) is 2.88. The Labute approximate surface area is 208 Å². The number of hydrazone groups is 1. The van der Waals surface area contributed by atoms with Crippen molar-refractivity contribution >= 4 is 34.8 Å². The monoisotopic (exact) mass is 622 g/mol. The van der Waals surface area contributed by atoms with Crippen LogP contribution in [0, 0.1) is 3.57 Å². The zero-order valence-corrected chi connectivity index (χ0v) is 20.2. The van der Waals surface area contributed by atoms with Crippen LogP contribution in [0.4, 0.5) is 30.7 Å². The molecule has 0 unspecified atom stereocenters. The molecule has 14 heteroatoms. The molecule has 0 spiro atoms. The van der Waals surface area contributed by atoms with Crippen molar-refractivity contribution in [3.8, 4) is 11.5 Å². The van der Waals surface area contributed by atoms with Crippen molar-refractivity contribution in [3.05, 3.63) is 56.7 Å². The van der Waals surface area contributed by atoms with Crippen LogP contribution in [0.1, 0.15) is 28.4 Å². The maximum atomic E-state index is 13.4. The lowest BCUT2D eigenvalue weighted by atomic mass is 10.1. The Kier molecular flexibility index (Phi) is 9.19. The van der Waals surface area contributed by atoms with E-state index in [-0.39, 0.29) is 30.3 Å². The number of carbonyl (C=O) groups is 1. The third-order valence-corrected chi connectivity index (χ3v) is 4.90. The topological polar surface area (TPSA) is 69.2 Å². The highest BCUT2D eigenvalue weighted by molar-refractivity contribution is 14.1. The SMILES string of the molecule is CCOC(=O)c1ccc(COc2c(/C=N\NC(F)(F)C(F)(F)C(F)(F)F)cc(I)cc2OC)cc1. The van der Waals surface area contributed by atoms with Crippen LogP contribution in [0.3, 0.4) is 0 Å². The van der Waals surface area contributed by atoms with Crippen molar-refractivity contribution in [2.75, 3.05) is 13.7 Å². The smallest absolute Gasteiger partial charge is 0.462 e. The number of alkyl halides is 7. The fourth-order valence-corrected chi connectivity index (χ4v) is 3.15. The summed E-state index contributed by atoms with van der Waals surface area (Å²) in [6.45, 7) is 1.76. The number of nitrogens with zero attached hydrogens (tertiary/aromatic N) is 1. The van der Waals surface area contributed by atoms with Crippen molar-refractivity contribution in [1.82, 2.24) is 5.43 Å². The summed E-state index contributed by atoms with van der Waals surface area (Å²) in [4.78, 5) is 11.7. The standard InChI is InChI=1S/C21H18F7IN2O4/c1-3-34-18(32)13-6-4-12(5-7-13)11-35-17-14(8-15(29)9-16(17)33-2)10-30-31-21(27,28)19(22,23)20(24,25)26/h4-10,31H,3,11H2,1-2H3/b30-10-. The zero-order chi connectivity index (χ0) is 26.4. The molecule has 0 aromatic heterocycles. The van der Waals surface area contributed by atoms with Gasteiger partial charge in [-0.1, -0.05) is 12.1 Å². The summed E-state index contributed by atoms with van der Waals surface area (Å²) >= 11 is 1.84. The van der Waals surface area contributed by atoms with E-state index in [2.05, 4.69) is 5.10 Å². The van der Waals surface area contributed by atoms with Crippen LogP contribution in [0.15, 0.2) is 41.5 Å². The third kappa shape index (κ3) is 6.89. The molecule has 0 aliphatic heterocycles. The van der Waals surface area contributed by atoms with E-state index in [0.29, 0.717) is 26.3 Å². The number of nitrogens with one attached hydrogen (secondary N) is 1. The molecule has 0 atom stereocenters. The van der Waals surface area contributed by atoms with E-state index in [1.807, 2.05) is 22.6 Å². The van der Waals surface area contributed by atoms with Crippen LogP contribution in [0.2, 0.25) is 0 Å². The number of methoxy groups -OCH3 is 1. The predicted octanol–water partition coefficient (Wildman–Crippen LogP) is 5.77. The maximum absolute atomic E-state index is 13.4. The summed E-state index contributed by atoms with van der Waals surface area (Å²) in [5.74, 6) is -6.80. The molecule has 0 aliphatic carbocycles. The van der Waals surface area contributed by atoms with Crippen LogP contribution in [0.25, 0.3) is 0 Å².